The molecular formula is C15H18N2O2. The maximum Gasteiger partial charge on any atom is 0.142 e. The lowest BCUT2D eigenvalue weighted by Crippen LogP contribution is -2.19. The van der Waals surface area contributed by atoms with Crippen LogP contribution in [0.5, 0.6) is 11.5 Å². The highest BCUT2D eigenvalue weighted by molar-refractivity contribution is 5.39. The molecule has 1 atom stereocenters. The molecule has 2 rings (SSSR count). The third-order valence-corrected chi connectivity index (χ3v) is 3.01. The molecule has 0 amide bonds. The molecule has 1 aromatic carbocycles. The van der Waals surface area contributed by atoms with E-state index in [2.05, 4.69) is 10.3 Å². The standard InChI is InChI=1S/C15H18N2O2/c1-16-14(11-6-4-7-12(10-11)18-2)15-13(19-3)8-5-9-17-15/h4-10,14,16H,1-3H3. The van der Waals surface area contributed by atoms with Crippen molar-refractivity contribution in [2.45, 2.75) is 6.04 Å². The van der Waals surface area contributed by atoms with Crippen molar-refractivity contribution < 1.29 is 9.47 Å². The van der Waals surface area contributed by atoms with Crippen LogP contribution in [0.15, 0.2) is 42.6 Å². The van der Waals surface area contributed by atoms with Crippen molar-refractivity contribution in [2.24, 2.45) is 0 Å². The zero-order valence-electron chi connectivity index (χ0n) is 11.4. The quantitative estimate of drug-likeness (QED) is 0.894. The molecule has 4 heteroatoms. The van der Waals surface area contributed by atoms with Gasteiger partial charge in [-0.05, 0) is 36.9 Å². The molecule has 1 heterocycles. The van der Waals surface area contributed by atoms with Gasteiger partial charge in [0.25, 0.3) is 0 Å². The Hall–Kier alpha value is -2.07. The maximum atomic E-state index is 5.37. The van der Waals surface area contributed by atoms with Crippen molar-refractivity contribution in [3.63, 3.8) is 0 Å². The molecule has 1 N–H and O–H groups in total. The number of benzene rings is 1. The molecule has 0 aliphatic heterocycles. The minimum Gasteiger partial charge on any atom is -0.497 e. The monoisotopic (exact) mass is 258 g/mol. The van der Waals surface area contributed by atoms with Gasteiger partial charge >= 0.3 is 0 Å². The van der Waals surface area contributed by atoms with Gasteiger partial charge in [-0.15, -0.1) is 0 Å². The summed E-state index contributed by atoms with van der Waals surface area (Å²) in [6.45, 7) is 0. The lowest BCUT2D eigenvalue weighted by atomic mass is 10.0. The van der Waals surface area contributed by atoms with Crippen molar-refractivity contribution in [1.29, 1.82) is 0 Å². The van der Waals surface area contributed by atoms with Gasteiger partial charge in [0.1, 0.15) is 17.2 Å². The molecule has 0 aliphatic rings. The molecule has 0 fully saturated rings. The Labute approximate surface area is 113 Å². The molecule has 0 bridgehead atoms. The molecule has 1 unspecified atom stereocenters. The summed E-state index contributed by atoms with van der Waals surface area (Å²) in [5, 5.41) is 3.26. The van der Waals surface area contributed by atoms with Crippen LogP contribution in [0.3, 0.4) is 0 Å². The van der Waals surface area contributed by atoms with Gasteiger partial charge in [-0.2, -0.15) is 0 Å². The summed E-state index contributed by atoms with van der Waals surface area (Å²) in [6, 6.07) is 11.7. The van der Waals surface area contributed by atoms with Crippen molar-refractivity contribution in [1.82, 2.24) is 10.3 Å². The Balaban J connectivity index is 2.43. The second-order valence-corrected chi connectivity index (χ2v) is 4.09. The molecule has 2 aromatic rings. The predicted octanol–water partition coefficient (Wildman–Crippen LogP) is 2.41. The van der Waals surface area contributed by atoms with E-state index in [0.29, 0.717) is 0 Å². The number of methoxy groups -OCH3 is 2. The average molecular weight is 258 g/mol. The first-order chi connectivity index (χ1) is 9.30. The Bertz CT molecular complexity index is 543. The summed E-state index contributed by atoms with van der Waals surface area (Å²) in [5.41, 5.74) is 1.94. The lowest BCUT2D eigenvalue weighted by Gasteiger charge is -2.19. The highest BCUT2D eigenvalue weighted by Gasteiger charge is 2.18. The first-order valence-corrected chi connectivity index (χ1v) is 6.10. The predicted molar refractivity (Wildman–Crippen MR) is 74.7 cm³/mol. The van der Waals surface area contributed by atoms with E-state index in [9.17, 15) is 0 Å². The Morgan fingerprint density at radius 1 is 1.11 bits per heavy atom. The molecule has 100 valence electrons. The summed E-state index contributed by atoms with van der Waals surface area (Å²) >= 11 is 0. The zero-order valence-corrected chi connectivity index (χ0v) is 11.4. The third-order valence-electron chi connectivity index (χ3n) is 3.01. The number of aromatic nitrogens is 1. The average Bonchev–Trinajstić information content (AvgIpc) is 2.49. The van der Waals surface area contributed by atoms with E-state index in [-0.39, 0.29) is 6.04 Å². The van der Waals surface area contributed by atoms with Gasteiger partial charge in [0.05, 0.1) is 20.3 Å². The molecule has 0 spiro atoms. The van der Waals surface area contributed by atoms with E-state index in [1.165, 1.54) is 0 Å². The minimum absolute atomic E-state index is 0.0359. The molecule has 0 aliphatic carbocycles. The molecule has 0 saturated carbocycles. The smallest absolute Gasteiger partial charge is 0.142 e. The second kappa shape index (κ2) is 6.20. The Morgan fingerprint density at radius 2 is 1.95 bits per heavy atom. The van der Waals surface area contributed by atoms with Crippen LogP contribution in [0, 0.1) is 0 Å². The molecular weight excluding hydrogens is 240 g/mol. The van der Waals surface area contributed by atoms with Gasteiger partial charge < -0.3 is 14.8 Å². The number of rotatable bonds is 5. The van der Waals surface area contributed by atoms with Crippen molar-refractivity contribution in [3.8, 4) is 11.5 Å². The normalized spacial score (nSPS) is 11.9. The minimum atomic E-state index is -0.0359. The largest absolute Gasteiger partial charge is 0.497 e. The highest BCUT2D eigenvalue weighted by atomic mass is 16.5. The number of hydrogen-bond donors (Lipinski definition) is 1. The van der Waals surface area contributed by atoms with Crippen LogP contribution in [-0.4, -0.2) is 26.3 Å². The number of nitrogens with zero attached hydrogens (tertiary/aromatic N) is 1. The van der Waals surface area contributed by atoms with E-state index in [4.69, 9.17) is 9.47 Å². The molecule has 1 aromatic heterocycles. The molecule has 19 heavy (non-hydrogen) atoms. The van der Waals surface area contributed by atoms with Crippen LogP contribution >= 0.6 is 0 Å². The lowest BCUT2D eigenvalue weighted by molar-refractivity contribution is 0.400. The number of nitrogens with one attached hydrogen (secondary N) is 1. The van der Waals surface area contributed by atoms with E-state index in [1.54, 1.807) is 20.4 Å². The summed E-state index contributed by atoms with van der Waals surface area (Å²) in [5.74, 6) is 1.59. The third kappa shape index (κ3) is 2.85. The molecule has 0 radical (unpaired) electrons. The Morgan fingerprint density at radius 3 is 2.63 bits per heavy atom. The summed E-state index contributed by atoms with van der Waals surface area (Å²) in [4.78, 5) is 4.42. The van der Waals surface area contributed by atoms with Gasteiger partial charge in [0.2, 0.25) is 0 Å². The molecule has 4 nitrogen and oxygen atoms in total. The van der Waals surface area contributed by atoms with E-state index in [1.807, 2.05) is 43.4 Å². The van der Waals surface area contributed by atoms with Crippen molar-refractivity contribution in [3.05, 3.63) is 53.9 Å². The first kappa shape index (κ1) is 13.4. The van der Waals surface area contributed by atoms with E-state index < -0.39 is 0 Å². The van der Waals surface area contributed by atoms with Gasteiger partial charge in [-0.1, -0.05) is 12.1 Å². The summed E-state index contributed by atoms with van der Waals surface area (Å²) in [7, 11) is 5.21. The maximum absolute atomic E-state index is 5.37. The zero-order chi connectivity index (χ0) is 13.7. The van der Waals surface area contributed by atoms with Gasteiger partial charge in [0, 0.05) is 6.20 Å². The van der Waals surface area contributed by atoms with Crippen LogP contribution in [0.4, 0.5) is 0 Å². The van der Waals surface area contributed by atoms with Gasteiger partial charge in [0.15, 0.2) is 0 Å². The summed E-state index contributed by atoms with van der Waals surface area (Å²) in [6.07, 6.45) is 1.77. The van der Waals surface area contributed by atoms with Crippen LogP contribution in [0.2, 0.25) is 0 Å². The fraction of sp³-hybridized carbons (Fsp3) is 0.267. The number of ether oxygens (including phenoxy) is 2. The van der Waals surface area contributed by atoms with E-state index >= 15 is 0 Å². The van der Waals surface area contributed by atoms with Crippen LogP contribution in [-0.2, 0) is 0 Å². The van der Waals surface area contributed by atoms with E-state index in [0.717, 1.165) is 22.8 Å². The fourth-order valence-corrected chi connectivity index (χ4v) is 2.07. The van der Waals surface area contributed by atoms with Crippen LogP contribution in [0.25, 0.3) is 0 Å². The first-order valence-electron chi connectivity index (χ1n) is 6.10. The Kier molecular flexibility index (Phi) is 4.36. The topological polar surface area (TPSA) is 43.4 Å². The second-order valence-electron chi connectivity index (χ2n) is 4.09. The van der Waals surface area contributed by atoms with Crippen molar-refractivity contribution >= 4 is 0 Å². The van der Waals surface area contributed by atoms with Gasteiger partial charge in [-0.25, -0.2) is 0 Å². The number of pyridine rings is 1. The highest BCUT2D eigenvalue weighted by Crippen LogP contribution is 2.29. The van der Waals surface area contributed by atoms with Crippen molar-refractivity contribution in [2.75, 3.05) is 21.3 Å². The van der Waals surface area contributed by atoms with Crippen LogP contribution < -0.4 is 14.8 Å². The molecule has 0 saturated heterocycles. The fourth-order valence-electron chi connectivity index (χ4n) is 2.07. The summed E-state index contributed by atoms with van der Waals surface area (Å²) < 4.78 is 10.6. The van der Waals surface area contributed by atoms with Gasteiger partial charge in [-0.3, -0.25) is 4.98 Å². The number of hydrogen-bond acceptors (Lipinski definition) is 4. The SMILES string of the molecule is CNC(c1cccc(OC)c1)c1ncccc1OC. The van der Waals surface area contributed by atoms with Crippen LogP contribution in [0.1, 0.15) is 17.3 Å².